The van der Waals surface area contributed by atoms with Gasteiger partial charge in [0.25, 0.3) is 0 Å². The summed E-state index contributed by atoms with van der Waals surface area (Å²) in [7, 11) is 0. The maximum Gasteiger partial charge on any atom is 0.239 e. The summed E-state index contributed by atoms with van der Waals surface area (Å²) in [5.74, 6) is 0. The van der Waals surface area contributed by atoms with Crippen LogP contribution in [0.3, 0.4) is 0 Å². The van der Waals surface area contributed by atoms with Crippen LogP contribution in [0.15, 0.2) is 0 Å². The number of likely N-dealkylation sites (tertiary alicyclic amines) is 1. The molecule has 1 saturated heterocycles. The highest BCUT2D eigenvalue weighted by Crippen LogP contribution is 2.43. The standard InChI is InChI=1S/C14H26N2/c1-12(2,3)14(15-7)8-10-16(11-9-14)13(4,5)6/h8-11H2,1-6H3. The quantitative estimate of drug-likeness (QED) is 0.568. The van der Waals surface area contributed by atoms with E-state index >= 15 is 0 Å². The first-order valence-corrected chi connectivity index (χ1v) is 6.26. The number of nitrogens with zero attached hydrogens (tertiary/aromatic N) is 2. The molecule has 2 nitrogen and oxygen atoms in total. The first-order chi connectivity index (χ1) is 7.12. The zero-order valence-corrected chi connectivity index (χ0v) is 11.7. The predicted octanol–water partition coefficient (Wildman–Crippen LogP) is 3.58. The molecule has 1 aliphatic heterocycles. The zero-order valence-electron chi connectivity index (χ0n) is 11.7. The first-order valence-electron chi connectivity index (χ1n) is 6.26. The number of rotatable bonds is 0. The number of hydrogen-bond acceptors (Lipinski definition) is 1. The van der Waals surface area contributed by atoms with Crippen LogP contribution in [0.5, 0.6) is 0 Å². The molecule has 0 unspecified atom stereocenters. The van der Waals surface area contributed by atoms with Crippen LogP contribution in [0.4, 0.5) is 0 Å². The van der Waals surface area contributed by atoms with Crippen molar-refractivity contribution in [3.05, 3.63) is 11.4 Å². The fourth-order valence-electron chi connectivity index (χ4n) is 2.58. The second-order valence-electron chi connectivity index (χ2n) is 7.05. The van der Waals surface area contributed by atoms with Crippen LogP contribution in [0.2, 0.25) is 0 Å². The average molecular weight is 222 g/mol. The van der Waals surface area contributed by atoms with Crippen molar-refractivity contribution in [1.29, 1.82) is 0 Å². The Morgan fingerprint density at radius 2 is 1.44 bits per heavy atom. The maximum absolute atomic E-state index is 7.53. The molecule has 1 aliphatic rings. The molecule has 0 N–H and O–H groups in total. The van der Waals surface area contributed by atoms with Crippen molar-refractivity contribution in [2.24, 2.45) is 5.41 Å². The lowest BCUT2D eigenvalue weighted by atomic mass is 9.68. The predicted molar refractivity (Wildman–Crippen MR) is 69.3 cm³/mol. The largest absolute Gasteiger partial charge is 0.310 e. The summed E-state index contributed by atoms with van der Waals surface area (Å²) in [6, 6.07) is 0. The molecule has 0 aromatic carbocycles. The van der Waals surface area contributed by atoms with Crippen molar-refractivity contribution in [2.45, 2.75) is 65.5 Å². The second kappa shape index (κ2) is 4.04. The van der Waals surface area contributed by atoms with E-state index in [1.54, 1.807) is 0 Å². The molecule has 1 heterocycles. The summed E-state index contributed by atoms with van der Waals surface area (Å²) in [6.07, 6.45) is 2.02. The van der Waals surface area contributed by atoms with Crippen LogP contribution in [-0.2, 0) is 0 Å². The third-order valence-electron chi connectivity index (χ3n) is 4.15. The van der Waals surface area contributed by atoms with Gasteiger partial charge in [-0.1, -0.05) is 20.8 Å². The molecule has 0 aromatic rings. The van der Waals surface area contributed by atoms with Gasteiger partial charge in [-0.2, -0.15) is 0 Å². The van der Waals surface area contributed by atoms with Crippen LogP contribution in [0, 0.1) is 12.0 Å². The molecule has 1 rings (SSSR count). The van der Waals surface area contributed by atoms with Crippen molar-refractivity contribution < 1.29 is 0 Å². The minimum absolute atomic E-state index is 0.0960. The lowest BCUT2D eigenvalue weighted by Gasteiger charge is -2.45. The topological polar surface area (TPSA) is 7.60 Å². The molecule has 2 heteroatoms. The summed E-state index contributed by atoms with van der Waals surface area (Å²) in [6.45, 7) is 23.0. The van der Waals surface area contributed by atoms with Crippen LogP contribution in [0.1, 0.15) is 54.4 Å². The summed E-state index contributed by atoms with van der Waals surface area (Å²) in [4.78, 5) is 6.49. The fourth-order valence-corrected chi connectivity index (χ4v) is 2.58. The first kappa shape index (κ1) is 13.5. The van der Waals surface area contributed by atoms with Crippen molar-refractivity contribution >= 4 is 0 Å². The molecule has 0 atom stereocenters. The van der Waals surface area contributed by atoms with E-state index in [-0.39, 0.29) is 16.5 Å². The van der Waals surface area contributed by atoms with E-state index in [9.17, 15) is 0 Å². The van der Waals surface area contributed by atoms with E-state index < -0.39 is 0 Å². The highest BCUT2D eigenvalue weighted by Gasteiger charge is 2.51. The van der Waals surface area contributed by atoms with Crippen molar-refractivity contribution in [2.75, 3.05) is 13.1 Å². The molecule has 0 aromatic heterocycles. The third-order valence-corrected chi connectivity index (χ3v) is 4.15. The van der Waals surface area contributed by atoms with Gasteiger partial charge in [0.05, 0.1) is 0 Å². The highest BCUT2D eigenvalue weighted by atomic mass is 15.2. The monoisotopic (exact) mass is 222 g/mol. The summed E-state index contributed by atoms with van der Waals surface area (Å²) in [5.41, 5.74) is 0.194. The molecular weight excluding hydrogens is 196 g/mol. The summed E-state index contributed by atoms with van der Waals surface area (Å²) < 4.78 is 0. The SMILES string of the molecule is [C-]#[N+]C1(C(C)(C)C)CCN(C(C)(C)C)CC1. The molecule has 0 radical (unpaired) electrons. The molecule has 0 spiro atoms. The molecule has 16 heavy (non-hydrogen) atoms. The Kier molecular flexibility index (Phi) is 3.41. The van der Waals surface area contributed by atoms with Crippen molar-refractivity contribution in [3.63, 3.8) is 0 Å². The van der Waals surface area contributed by atoms with E-state index in [0.717, 1.165) is 25.9 Å². The molecule has 0 aliphatic carbocycles. The van der Waals surface area contributed by atoms with Gasteiger partial charge in [0, 0.05) is 36.9 Å². The minimum Gasteiger partial charge on any atom is -0.310 e. The van der Waals surface area contributed by atoms with E-state index in [1.807, 2.05) is 0 Å². The average Bonchev–Trinajstić information content (AvgIpc) is 2.14. The van der Waals surface area contributed by atoms with Gasteiger partial charge >= 0.3 is 0 Å². The van der Waals surface area contributed by atoms with E-state index in [0.29, 0.717) is 0 Å². The summed E-state index contributed by atoms with van der Waals surface area (Å²) in [5, 5.41) is 0. The zero-order chi connectivity index (χ0) is 12.6. The lowest BCUT2D eigenvalue weighted by Crippen LogP contribution is -2.54. The van der Waals surface area contributed by atoms with E-state index in [4.69, 9.17) is 6.57 Å². The third kappa shape index (κ3) is 2.40. The normalized spacial score (nSPS) is 22.8. The molecule has 0 amide bonds. The maximum atomic E-state index is 7.53. The van der Waals surface area contributed by atoms with Gasteiger partial charge in [-0.15, -0.1) is 0 Å². The molecule has 0 bridgehead atoms. The lowest BCUT2D eigenvalue weighted by molar-refractivity contribution is 0.0517. The van der Waals surface area contributed by atoms with Gasteiger partial charge in [0.15, 0.2) is 0 Å². The van der Waals surface area contributed by atoms with Crippen LogP contribution >= 0.6 is 0 Å². The number of hydrogen-bond donors (Lipinski definition) is 0. The Hall–Kier alpha value is -0.550. The second-order valence-corrected chi connectivity index (χ2v) is 7.05. The van der Waals surface area contributed by atoms with Gasteiger partial charge < -0.3 is 4.85 Å². The summed E-state index contributed by atoms with van der Waals surface area (Å²) >= 11 is 0. The Balaban J connectivity index is 2.78. The highest BCUT2D eigenvalue weighted by molar-refractivity contribution is 5.10. The van der Waals surface area contributed by atoms with Crippen molar-refractivity contribution in [1.82, 2.24) is 4.90 Å². The Bertz CT molecular complexity index is 277. The van der Waals surface area contributed by atoms with Gasteiger partial charge in [-0.25, -0.2) is 6.57 Å². The van der Waals surface area contributed by atoms with Crippen LogP contribution in [0.25, 0.3) is 4.85 Å². The van der Waals surface area contributed by atoms with Gasteiger partial charge in [-0.05, 0) is 20.8 Å². The van der Waals surface area contributed by atoms with E-state index in [2.05, 4.69) is 51.3 Å². The Morgan fingerprint density at radius 3 is 1.69 bits per heavy atom. The molecule has 0 saturated carbocycles. The van der Waals surface area contributed by atoms with Gasteiger partial charge in [0.2, 0.25) is 5.54 Å². The van der Waals surface area contributed by atoms with Crippen LogP contribution in [-0.4, -0.2) is 29.1 Å². The fraction of sp³-hybridized carbons (Fsp3) is 0.929. The van der Waals surface area contributed by atoms with Crippen LogP contribution < -0.4 is 0 Å². The Morgan fingerprint density at radius 1 is 1.00 bits per heavy atom. The number of piperidine rings is 1. The molecular formula is C14H26N2. The van der Waals surface area contributed by atoms with Gasteiger partial charge in [0.1, 0.15) is 0 Å². The Labute approximate surface area is 101 Å². The molecule has 1 fully saturated rings. The van der Waals surface area contributed by atoms with Crippen molar-refractivity contribution in [3.8, 4) is 0 Å². The molecule has 92 valence electrons. The van der Waals surface area contributed by atoms with E-state index in [1.165, 1.54) is 0 Å². The smallest absolute Gasteiger partial charge is 0.239 e. The minimum atomic E-state index is -0.144. The van der Waals surface area contributed by atoms with Gasteiger partial charge in [-0.3, -0.25) is 4.90 Å².